The number of rotatable bonds is 22. The van der Waals surface area contributed by atoms with Gasteiger partial charge in [-0.1, -0.05) is 0 Å². The number of hydrogen-bond acceptors (Lipinski definition) is 23. The number of esters is 7. The average Bonchev–Trinajstić information content (AvgIpc) is 3.14. The molecule has 23 nitrogen and oxygen atoms in total. The summed E-state index contributed by atoms with van der Waals surface area (Å²) < 4.78 is 90.1. The van der Waals surface area contributed by atoms with E-state index < -0.39 is 128 Å². The molecule has 0 aromatic carbocycles. The van der Waals surface area contributed by atoms with E-state index in [-0.39, 0.29) is 19.8 Å². The highest BCUT2D eigenvalue weighted by atomic mass is 16.8. The van der Waals surface area contributed by atoms with E-state index in [0.717, 1.165) is 48.7 Å². The first-order chi connectivity index (χ1) is 27.4. The van der Waals surface area contributed by atoms with Crippen LogP contribution in [0.4, 0.5) is 0 Å². The van der Waals surface area contributed by atoms with Gasteiger partial charge in [0.1, 0.15) is 43.7 Å². The Balaban J connectivity index is 2.72. The molecule has 2 aliphatic heterocycles. The van der Waals surface area contributed by atoms with Gasteiger partial charge in [0.25, 0.3) is 0 Å². The van der Waals surface area contributed by atoms with Crippen LogP contribution in [0.5, 0.6) is 0 Å². The topological polar surface area (TPSA) is 267 Å². The molecule has 0 spiro atoms. The van der Waals surface area contributed by atoms with Crippen LogP contribution in [0.3, 0.4) is 0 Å². The Hall–Kier alpha value is -4.07. The number of hydrogen-bond donors (Lipinski definition) is 0. The fourth-order valence-corrected chi connectivity index (χ4v) is 6.04. The highest BCUT2D eigenvalue weighted by Gasteiger charge is 2.57. The summed E-state index contributed by atoms with van der Waals surface area (Å²) in [6.45, 7) is 5.12. The molecule has 0 N–H and O–H groups in total. The van der Waals surface area contributed by atoms with Crippen LogP contribution in [-0.2, 0) is 109 Å². The van der Waals surface area contributed by atoms with Gasteiger partial charge in [-0.25, -0.2) is 4.79 Å². The van der Waals surface area contributed by atoms with Crippen LogP contribution in [0.15, 0.2) is 0 Å². The maximum Gasteiger partial charge on any atom is 0.337 e. The first-order valence-electron chi connectivity index (χ1n) is 17.8. The molecular weight excluding hydrogens is 788 g/mol. The Bertz CT molecular complexity index is 1370. The third-order valence-electron chi connectivity index (χ3n) is 8.19. The number of carbonyl (C=O) groups excluding carboxylic acids is 7. The maximum atomic E-state index is 13.5. The minimum absolute atomic E-state index is 0.309. The van der Waals surface area contributed by atoms with Crippen LogP contribution in [0, 0.1) is 0 Å². The van der Waals surface area contributed by atoms with Crippen molar-refractivity contribution >= 4 is 41.8 Å². The van der Waals surface area contributed by atoms with E-state index in [1.807, 2.05) is 0 Å². The van der Waals surface area contributed by atoms with Gasteiger partial charge in [-0.15, -0.1) is 0 Å². The lowest BCUT2D eigenvalue weighted by molar-refractivity contribution is -0.369. The van der Waals surface area contributed by atoms with Crippen molar-refractivity contribution in [2.24, 2.45) is 0 Å². The van der Waals surface area contributed by atoms with E-state index in [1.165, 1.54) is 28.4 Å². The fraction of sp³-hybridized carbons (Fsp3) is 0.800. The Morgan fingerprint density at radius 2 is 1.17 bits per heavy atom. The van der Waals surface area contributed by atoms with Crippen molar-refractivity contribution in [2.75, 3.05) is 62.0 Å². The molecule has 2 saturated heterocycles. The van der Waals surface area contributed by atoms with Gasteiger partial charge in [0.15, 0.2) is 49.4 Å². The molecule has 58 heavy (non-hydrogen) atoms. The molecule has 0 amide bonds. The van der Waals surface area contributed by atoms with Crippen LogP contribution in [-0.4, -0.2) is 184 Å². The quantitative estimate of drug-likeness (QED) is 0.0542. The lowest BCUT2D eigenvalue weighted by atomic mass is 9.95. The first-order valence-corrected chi connectivity index (χ1v) is 17.8. The number of carbonyl (C=O) groups is 7. The highest BCUT2D eigenvalue weighted by molar-refractivity contribution is 5.75. The molecule has 0 aromatic rings. The zero-order valence-corrected chi connectivity index (χ0v) is 34.2. The van der Waals surface area contributed by atoms with Crippen molar-refractivity contribution in [2.45, 2.75) is 121 Å². The van der Waals surface area contributed by atoms with Gasteiger partial charge in [-0.2, -0.15) is 0 Å². The minimum Gasteiger partial charge on any atom is -0.467 e. The Morgan fingerprint density at radius 3 is 1.67 bits per heavy atom. The fourth-order valence-electron chi connectivity index (χ4n) is 6.04. The maximum absolute atomic E-state index is 13.5. The van der Waals surface area contributed by atoms with Crippen molar-refractivity contribution in [3.63, 3.8) is 0 Å². The van der Waals surface area contributed by atoms with E-state index >= 15 is 0 Å². The zero-order valence-electron chi connectivity index (χ0n) is 34.2. The zero-order chi connectivity index (χ0) is 43.7. The second kappa shape index (κ2) is 24.8. The summed E-state index contributed by atoms with van der Waals surface area (Å²) in [6.07, 6.45) is -19.6. The van der Waals surface area contributed by atoms with Crippen molar-refractivity contribution in [3.8, 4) is 0 Å². The molecule has 2 aliphatic rings. The third-order valence-corrected chi connectivity index (χ3v) is 8.19. The van der Waals surface area contributed by atoms with Crippen molar-refractivity contribution in [1.82, 2.24) is 0 Å². The van der Waals surface area contributed by atoms with Gasteiger partial charge in [0, 0.05) is 70.0 Å². The van der Waals surface area contributed by atoms with E-state index in [2.05, 4.69) is 0 Å². The summed E-state index contributed by atoms with van der Waals surface area (Å²) in [7, 11) is 6.02. The Kier molecular flexibility index (Phi) is 21.4. The van der Waals surface area contributed by atoms with E-state index in [0.29, 0.717) is 0 Å². The van der Waals surface area contributed by atoms with Crippen LogP contribution in [0.2, 0.25) is 0 Å². The Morgan fingerprint density at radius 1 is 0.569 bits per heavy atom. The molecule has 0 saturated carbocycles. The molecule has 2 rings (SSSR count). The molecule has 2 fully saturated rings. The molecule has 0 radical (unpaired) electrons. The average molecular weight is 843 g/mol. The molecule has 13 atom stereocenters. The summed E-state index contributed by atoms with van der Waals surface area (Å²) in [5, 5.41) is 0. The lowest BCUT2D eigenvalue weighted by Gasteiger charge is -2.49. The lowest BCUT2D eigenvalue weighted by Crippen LogP contribution is -2.67. The van der Waals surface area contributed by atoms with Gasteiger partial charge in [0.2, 0.25) is 0 Å². The standard InChI is InChI=1S/C35H54O23/c1-16(36)48-12-13-49-34(25(52-19(4)39)22(14-43-7)51-18(3)38)57-28-26(44-8)30(45-9)35(58-29(28)32(42)46-10)56-24-23(15-50-17(2)37)55-33(47-11)31(54-21(6)41)27(24)53-20(5)40/h22-31,33-35H,12-15H2,1-11H3/t22?,23?,24-,25?,26?,27?,28+,29-,30?,31+,33+,34-,35-/m1/s1. The van der Waals surface area contributed by atoms with Crippen molar-refractivity contribution in [3.05, 3.63) is 0 Å². The monoisotopic (exact) mass is 842 g/mol. The van der Waals surface area contributed by atoms with Crippen molar-refractivity contribution < 1.29 is 109 Å². The largest absolute Gasteiger partial charge is 0.467 e. The predicted molar refractivity (Wildman–Crippen MR) is 185 cm³/mol. The highest BCUT2D eigenvalue weighted by Crippen LogP contribution is 2.36. The summed E-state index contributed by atoms with van der Waals surface area (Å²) in [4.78, 5) is 86.1. The second-order valence-corrected chi connectivity index (χ2v) is 12.5. The molecule has 23 heteroatoms. The van der Waals surface area contributed by atoms with E-state index in [1.54, 1.807) is 0 Å². The summed E-state index contributed by atoms with van der Waals surface area (Å²) >= 11 is 0. The number of ether oxygens (including phenoxy) is 16. The molecule has 6 unspecified atom stereocenters. The van der Waals surface area contributed by atoms with Gasteiger partial charge in [-0.3, -0.25) is 28.8 Å². The molecule has 0 bridgehead atoms. The van der Waals surface area contributed by atoms with Crippen LogP contribution in [0.1, 0.15) is 41.5 Å². The van der Waals surface area contributed by atoms with Gasteiger partial charge in [-0.05, 0) is 0 Å². The normalized spacial score (nSPS) is 28.5. The van der Waals surface area contributed by atoms with Crippen LogP contribution < -0.4 is 0 Å². The minimum atomic E-state index is -1.79. The summed E-state index contributed by atoms with van der Waals surface area (Å²) in [5.41, 5.74) is 0. The third kappa shape index (κ3) is 14.9. The predicted octanol–water partition coefficient (Wildman–Crippen LogP) is -1.10. The SMILES string of the molecule is COCC(OC(C)=O)C(OC(C)=O)[C@H](OCCOC(C)=O)O[C@H]1C(OC)C(OC)[C@H](O[C@@H]2C(COC(C)=O)O[C@H](OC)[C@@H](OC(C)=O)C2OC(C)=O)O[C@H]1C(=O)OC. The smallest absolute Gasteiger partial charge is 0.337 e. The Labute approximate surface area is 334 Å². The number of methoxy groups -OCH3 is 5. The van der Waals surface area contributed by atoms with E-state index in [4.69, 9.17) is 75.8 Å². The molecule has 0 aliphatic carbocycles. The molecule has 2 heterocycles. The van der Waals surface area contributed by atoms with Gasteiger partial charge in [0.05, 0.1) is 20.3 Å². The second-order valence-electron chi connectivity index (χ2n) is 12.5. The van der Waals surface area contributed by atoms with E-state index in [9.17, 15) is 33.6 Å². The van der Waals surface area contributed by atoms with Crippen molar-refractivity contribution in [1.29, 1.82) is 0 Å². The van der Waals surface area contributed by atoms with Crippen LogP contribution in [0.25, 0.3) is 0 Å². The van der Waals surface area contributed by atoms with Gasteiger partial charge >= 0.3 is 41.8 Å². The molecule has 0 aromatic heterocycles. The first kappa shape index (κ1) is 50.1. The van der Waals surface area contributed by atoms with Gasteiger partial charge < -0.3 is 75.8 Å². The molecular formula is C35H54O23. The summed E-state index contributed by atoms with van der Waals surface area (Å²) in [5.74, 6) is -5.72. The van der Waals surface area contributed by atoms with Crippen LogP contribution >= 0.6 is 0 Å². The summed E-state index contributed by atoms with van der Waals surface area (Å²) in [6, 6.07) is 0. The molecule has 332 valence electrons.